The van der Waals surface area contributed by atoms with Crippen LogP contribution >= 0.6 is 0 Å². The summed E-state index contributed by atoms with van der Waals surface area (Å²) in [6, 6.07) is 87.3. The molecule has 2 aromatic heterocycles. The predicted molar refractivity (Wildman–Crippen MR) is 376 cm³/mol. The summed E-state index contributed by atoms with van der Waals surface area (Å²) in [5, 5.41) is 8.86. The lowest BCUT2D eigenvalue weighted by atomic mass is 9.69. The highest BCUT2D eigenvalue weighted by molar-refractivity contribution is 6.30. The lowest BCUT2D eigenvalue weighted by Crippen LogP contribution is -2.26. The molecule has 12 aromatic carbocycles. The highest BCUT2D eigenvalue weighted by Gasteiger charge is 2.54. The summed E-state index contributed by atoms with van der Waals surface area (Å²) >= 11 is 0. The van der Waals surface area contributed by atoms with Gasteiger partial charge in [0.05, 0.1) is 11.1 Å². The molecule has 0 radical (unpaired) electrons. The van der Waals surface area contributed by atoms with Gasteiger partial charge in [-0.25, -0.2) is 0 Å². The van der Waals surface area contributed by atoms with Gasteiger partial charge in [0.1, 0.15) is 22.3 Å². The molecule has 89 heavy (non-hydrogen) atoms. The van der Waals surface area contributed by atoms with E-state index in [4.69, 9.17) is 8.83 Å². The molecule has 0 N–H and O–H groups in total. The van der Waals surface area contributed by atoms with Crippen molar-refractivity contribution in [3.05, 3.63) is 275 Å². The first-order chi connectivity index (χ1) is 42.7. The van der Waals surface area contributed by atoms with Gasteiger partial charge in [-0.3, -0.25) is 0 Å². The second-order valence-electron chi connectivity index (χ2n) is 29.3. The fourth-order valence-corrected chi connectivity index (χ4v) is 15.1. The third-order valence-corrected chi connectivity index (χ3v) is 19.7. The largest absolute Gasteiger partial charge is 0.456 e. The van der Waals surface area contributed by atoms with Crippen LogP contribution in [-0.4, -0.2) is 0 Å². The quantitative estimate of drug-likeness (QED) is 0.166. The molecule has 0 unspecified atom stereocenters. The maximum Gasteiger partial charge on any atom is 0.143 e. The summed E-state index contributed by atoms with van der Waals surface area (Å²) in [7, 11) is 0. The molecular weight excluding hydrogens is 1080 g/mol. The molecule has 4 heteroatoms. The average molecular weight is 1160 g/mol. The molecule has 0 atom stereocenters. The molecule has 0 fully saturated rings. The van der Waals surface area contributed by atoms with Crippen molar-refractivity contribution in [2.45, 2.75) is 110 Å². The van der Waals surface area contributed by atoms with Crippen LogP contribution in [0.2, 0.25) is 0 Å². The number of benzene rings is 12. The van der Waals surface area contributed by atoms with E-state index in [0.29, 0.717) is 0 Å². The Morgan fingerprint density at radius 3 is 1.24 bits per heavy atom. The Bertz CT molecular complexity index is 5040. The second kappa shape index (κ2) is 19.2. The van der Waals surface area contributed by atoms with E-state index in [0.717, 1.165) is 99.5 Å². The zero-order chi connectivity index (χ0) is 61.3. The van der Waals surface area contributed by atoms with Crippen molar-refractivity contribution in [3.8, 4) is 22.3 Å². The minimum Gasteiger partial charge on any atom is -0.456 e. The third kappa shape index (κ3) is 8.25. The first-order valence-corrected chi connectivity index (χ1v) is 31.7. The van der Waals surface area contributed by atoms with Crippen LogP contribution in [0.3, 0.4) is 0 Å². The minimum atomic E-state index is -0.802. The molecule has 0 amide bonds. The summed E-state index contributed by atoms with van der Waals surface area (Å²) in [6.07, 6.45) is 0. The van der Waals surface area contributed by atoms with E-state index in [-0.39, 0.29) is 21.7 Å². The first-order valence-electron chi connectivity index (χ1n) is 31.7. The number of hydrogen-bond acceptors (Lipinski definition) is 4. The highest BCUT2D eigenvalue weighted by Crippen LogP contribution is 2.68. The van der Waals surface area contributed by atoms with E-state index in [1.807, 2.05) is 0 Å². The van der Waals surface area contributed by atoms with E-state index < -0.39 is 5.41 Å². The van der Waals surface area contributed by atoms with Gasteiger partial charge < -0.3 is 18.6 Å². The van der Waals surface area contributed by atoms with Crippen LogP contribution in [0, 0.1) is 0 Å². The van der Waals surface area contributed by atoms with Gasteiger partial charge in [0.15, 0.2) is 0 Å². The lowest BCUT2D eigenvalue weighted by Gasteiger charge is -2.34. The molecule has 1 spiro atoms. The highest BCUT2D eigenvalue weighted by atomic mass is 16.3. The normalized spacial score (nSPS) is 13.7. The maximum absolute atomic E-state index is 7.48. The van der Waals surface area contributed by atoms with Gasteiger partial charge in [-0.05, 0) is 190 Å². The monoisotopic (exact) mass is 1150 g/mol. The molecule has 2 heterocycles. The molecule has 436 valence electrons. The number of rotatable bonds is 6. The SMILES string of the molecule is CC(C)(C)c1ccc(N(c2ccc(C(C)(C)C)cc2)c2ccc3c4c(c5c6ccccc6oc5c3c2)-c2c(cc(N(c3ccc(C(C)(C)C)cc3)c3ccc(C(C)(C)C)cc3)c3cc5oc6ccccc6c5cc23)C42c3ccccc3-c3ccccc32)cc1. The van der Waals surface area contributed by atoms with Crippen molar-refractivity contribution in [1.29, 1.82) is 0 Å². The summed E-state index contributed by atoms with van der Waals surface area (Å²) in [4.78, 5) is 4.95. The molecule has 2 aliphatic carbocycles. The summed E-state index contributed by atoms with van der Waals surface area (Å²) in [5.74, 6) is 0. The Labute approximate surface area is 522 Å². The molecule has 2 aliphatic rings. The third-order valence-electron chi connectivity index (χ3n) is 19.7. The number of para-hydroxylation sites is 2. The van der Waals surface area contributed by atoms with E-state index in [1.165, 1.54) is 66.8 Å². The topological polar surface area (TPSA) is 32.8 Å². The van der Waals surface area contributed by atoms with Crippen molar-refractivity contribution in [1.82, 2.24) is 0 Å². The number of fused-ring (bicyclic) bond motifs is 22. The van der Waals surface area contributed by atoms with Gasteiger partial charge in [-0.15, -0.1) is 0 Å². The maximum atomic E-state index is 7.48. The van der Waals surface area contributed by atoms with Gasteiger partial charge in [-0.1, -0.05) is 223 Å². The summed E-state index contributed by atoms with van der Waals surface area (Å²) < 4.78 is 14.4. The Balaban J connectivity index is 1.08. The van der Waals surface area contributed by atoms with Gasteiger partial charge in [0.2, 0.25) is 0 Å². The lowest BCUT2D eigenvalue weighted by molar-refractivity contribution is 0.590. The molecule has 0 saturated carbocycles. The fourth-order valence-electron chi connectivity index (χ4n) is 15.1. The van der Waals surface area contributed by atoms with Crippen molar-refractivity contribution < 1.29 is 8.83 Å². The number of hydrogen-bond donors (Lipinski definition) is 0. The molecule has 14 aromatic rings. The Kier molecular flexibility index (Phi) is 11.8. The number of anilines is 6. The molecule has 0 bridgehead atoms. The summed E-state index contributed by atoms with van der Waals surface area (Å²) in [5.41, 5.74) is 24.2. The van der Waals surface area contributed by atoms with E-state index in [2.05, 4.69) is 323 Å². The Morgan fingerprint density at radius 2 is 0.730 bits per heavy atom. The van der Waals surface area contributed by atoms with E-state index >= 15 is 0 Å². The summed E-state index contributed by atoms with van der Waals surface area (Å²) in [6.45, 7) is 27.5. The number of furan rings is 2. The predicted octanol–water partition coefficient (Wildman–Crippen LogP) is 24.3. The van der Waals surface area contributed by atoms with Crippen LogP contribution in [0.25, 0.3) is 87.7 Å². The second-order valence-corrected chi connectivity index (χ2v) is 29.3. The fraction of sp³-hybridized carbons (Fsp3) is 0.200. The standard InChI is InChI=1S/C85H74N2O2/c1-81(2,3)51-29-37-55(38-30-51)86(56-39-31-52(32-40-56)82(4,5)6)59-45-46-63-68(47-59)80-77(64-24-16-20-28-74(64)89-80)78-76-67-48-66-62-23-15-19-27-73(62)88-75(66)49-65(67)72(50-71(76)85(79(63)78)69-25-17-13-21-60(69)61-22-14-18-26-70(61)85)87(57-41-33-53(34-42-57)83(7,8)9)58-43-35-54(36-44-58)84(10,11)12/h13-50H,1-12H3. The van der Waals surface area contributed by atoms with Crippen molar-refractivity contribution in [2.75, 3.05) is 9.80 Å². The smallest absolute Gasteiger partial charge is 0.143 e. The Morgan fingerprint density at radius 1 is 0.292 bits per heavy atom. The first kappa shape index (κ1) is 54.7. The van der Waals surface area contributed by atoms with Crippen LogP contribution in [0.15, 0.2) is 239 Å². The van der Waals surface area contributed by atoms with E-state index in [9.17, 15) is 0 Å². The van der Waals surface area contributed by atoms with E-state index in [1.54, 1.807) is 0 Å². The zero-order valence-electron chi connectivity index (χ0n) is 53.2. The van der Waals surface area contributed by atoms with Crippen LogP contribution in [-0.2, 0) is 27.1 Å². The van der Waals surface area contributed by atoms with Gasteiger partial charge in [0, 0.05) is 60.8 Å². The van der Waals surface area contributed by atoms with Gasteiger partial charge in [-0.2, -0.15) is 0 Å². The molecule has 4 nitrogen and oxygen atoms in total. The number of nitrogens with zero attached hydrogens (tertiary/aromatic N) is 2. The Hall–Kier alpha value is -9.64. The molecule has 0 saturated heterocycles. The minimum absolute atomic E-state index is 0.00293. The van der Waals surface area contributed by atoms with Crippen LogP contribution in [0.1, 0.15) is 128 Å². The van der Waals surface area contributed by atoms with Gasteiger partial charge >= 0.3 is 0 Å². The van der Waals surface area contributed by atoms with Crippen LogP contribution < -0.4 is 9.80 Å². The molecule has 16 rings (SSSR count). The van der Waals surface area contributed by atoms with Crippen molar-refractivity contribution >= 4 is 99.5 Å². The van der Waals surface area contributed by atoms with Crippen molar-refractivity contribution in [3.63, 3.8) is 0 Å². The van der Waals surface area contributed by atoms with Crippen LogP contribution in [0.5, 0.6) is 0 Å². The van der Waals surface area contributed by atoms with Crippen LogP contribution in [0.4, 0.5) is 34.1 Å². The molecular formula is C85H74N2O2. The van der Waals surface area contributed by atoms with Gasteiger partial charge in [0.25, 0.3) is 0 Å². The van der Waals surface area contributed by atoms with Crippen molar-refractivity contribution in [2.24, 2.45) is 0 Å². The average Bonchev–Trinajstić information content (AvgIpc) is 1.49. The zero-order valence-corrected chi connectivity index (χ0v) is 53.2. The molecule has 0 aliphatic heterocycles.